The van der Waals surface area contributed by atoms with Crippen molar-refractivity contribution in [3.05, 3.63) is 83.7 Å². The molecule has 1 aliphatic heterocycles. The van der Waals surface area contributed by atoms with E-state index in [1.807, 2.05) is 18.2 Å². The molecule has 0 spiro atoms. The molecule has 0 saturated heterocycles. The fourth-order valence-corrected chi connectivity index (χ4v) is 3.42. The van der Waals surface area contributed by atoms with E-state index in [2.05, 4.69) is 27.3 Å². The molecule has 6 nitrogen and oxygen atoms in total. The first-order valence-electron chi connectivity index (χ1n) is 9.56. The zero-order valence-corrected chi connectivity index (χ0v) is 16.1. The summed E-state index contributed by atoms with van der Waals surface area (Å²) >= 11 is 0. The van der Waals surface area contributed by atoms with Crippen LogP contribution in [0.2, 0.25) is 0 Å². The molecular formula is C23H21N3O3. The molecule has 1 amide bonds. The first-order chi connectivity index (χ1) is 14.2. The molecule has 0 fully saturated rings. The smallest absolute Gasteiger partial charge is 0.338 e. The normalized spacial score (nSPS) is 12.4. The summed E-state index contributed by atoms with van der Waals surface area (Å²) in [6.45, 7) is 2.95. The second-order valence-electron chi connectivity index (χ2n) is 6.68. The lowest BCUT2D eigenvalue weighted by Crippen LogP contribution is -2.17. The molecule has 0 radical (unpaired) electrons. The fraction of sp³-hybridized carbons (Fsp3) is 0.174. The molecule has 1 aliphatic rings. The van der Waals surface area contributed by atoms with Gasteiger partial charge in [0.15, 0.2) is 0 Å². The summed E-state index contributed by atoms with van der Waals surface area (Å²) in [7, 11) is 0. The standard InChI is InChI=1S/C23H21N3O3/c1-2-29-23(28)17-7-9-18(10-8-17)25-22(27)20-15-19(11-13-24-20)26-14-12-16-5-3-4-6-21(16)26/h3-11,13,15H,2,12,14H2,1H3,(H,25,27). The van der Waals surface area contributed by atoms with Crippen LogP contribution >= 0.6 is 0 Å². The van der Waals surface area contributed by atoms with E-state index in [-0.39, 0.29) is 11.9 Å². The van der Waals surface area contributed by atoms with Crippen LogP contribution in [0.4, 0.5) is 17.1 Å². The van der Waals surface area contributed by atoms with Crippen LogP contribution in [0.5, 0.6) is 0 Å². The highest BCUT2D eigenvalue weighted by molar-refractivity contribution is 6.03. The Morgan fingerprint density at radius 3 is 2.69 bits per heavy atom. The summed E-state index contributed by atoms with van der Waals surface area (Å²) in [5, 5.41) is 2.82. The summed E-state index contributed by atoms with van der Waals surface area (Å²) in [4.78, 5) is 30.8. The van der Waals surface area contributed by atoms with Crippen molar-refractivity contribution in [3.8, 4) is 0 Å². The average Bonchev–Trinajstić information content (AvgIpc) is 3.19. The zero-order chi connectivity index (χ0) is 20.2. The molecule has 4 rings (SSSR count). The topological polar surface area (TPSA) is 71.5 Å². The van der Waals surface area contributed by atoms with Crippen molar-refractivity contribution < 1.29 is 14.3 Å². The van der Waals surface area contributed by atoms with Gasteiger partial charge in [0.2, 0.25) is 0 Å². The Kier molecular flexibility index (Phi) is 5.24. The van der Waals surface area contributed by atoms with Gasteiger partial charge in [0.05, 0.1) is 12.2 Å². The average molecular weight is 387 g/mol. The molecular weight excluding hydrogens is 366 g/mol. The number of anilines is 3. The molecule has 0 atom stereocenters. The number of ether oxygens (including phenoxy) is 1. The number of pyridine rings is 1. The number of hydrogen-bond donors (Lipinski definition) is 1. The maximum Gasteiger partial charge on any atom is 0.338 e. The van der Waals surface area contributed by atoms with Crippen LogP contribution in [0.1, 0.15) is 33.3 Å². The van der Waals surface area contributed by atoms with Gasteiger partial charge in [-0.25, -0.2) is 4.79 Å². The number of esters is 1. The number of benzene rings is 2. The van der Waals surface area contributed by atoms with E-state index in [0.29, 0.717) is 23.6 Å². The molecule has 2 aromatic carbocycles. The lowest BCUT2D eigenvalue weighted by atomic mass is 10.2. The fourth-order valence-electron chi connectivity index (χ4n) is 3.42. The van der Waals surface area contributed by atoms with Crippen molar-refractivity contribution in [2.45, 2.75) is 13.3 Å². The predicted molar refractivity (Wildman–Crippen MR) is 112 cm³/mol. The van der Waals surface area contributed by atoms with Gasteiger partial charge < -0.3 is 15.0 Å². The highest BCUT2D eigenvalue weighted by Gasteiger charge is 2.21. The molecule has 146 valence electrons. The molecule has 1 aromatic heterocycles. The van der Waals surface area contributed by atoms with Crippen LogP contribution in [-0.4, -0.2) is 30.0 Å². The van der Waals surface area contributed by atoms with Crippen LogP contribution in [0.15, 0.2) is 66.9 Å². The summed E-state index contributed by atoms with van der Waals surface area (Å²) in [6, 6.07) is 18.6. The first-order valence-corrected chi connectivity index (χ1v) is 9.56. The number of rotatable bonds is 5. The number of aromatic nitrogens is 1. The predicted octanol–water partition coefficient (Wildman–Crippen LogP) is 4.20. The van der Waals surface area contributed by atoms with Gasteiger partial charge in [-0.2, -0.15) is 0 Å². The highest BCUT2D eigenvalue weighted by Crippen LogP contribution is 2.34. The third-order valence-electron chi connectivity index (χ3n) is 4.83. The summed E-state index contributed by atoms with van der Waals surface area (Å²) < 4.78 is 4.96. The van der Waals surface area contributed by atoms with Gasteiger partial charge in [0.25, 0.3) is 5.91 Å². The van der Waals surface area contributed by atoms with Gasteiger partial charge in [-0.05, 0) is 61.4 Å². The molecule has 3 aromatic rings. The third kappa shape index (κ3) is 3.96. The summed E-state index contributed by atoms with van der Waals surface area (Å²) in [5.74, 6) is -0.686. The second kappa shape index (κ2) is 8.14. The number of carbonyl (C=O) groups is 2. The highest BCUT2D eigenvalue weighted by atomic mass is 16.5. The lowest BCUT2D eigenvalue weighted by Gasteiger charge is -2.19. The minimum Gasteiger partial charge on any atom is -0.462 e. The Bertz CT molecular complexity index is 1050. The van der Waals surface area contributed by atoms with Gasteiger partial charge >= 0.3 is 5.97 Å². The van der Waals surface area contributed by atoms with E-state index in [1.54, 1.807) is 43.5 Å². The Balaban J connectivity index is 1.49. The van der Waals surface area contributed by atoms with Gasteiger partial charge in [-0.3, -0.25) is 9.78 Å². The molecule has 0 bridgehead atoms. The summed E-state index contributed by atoms with van der Waals surface area (Å²) in [6.07, 6.45) is 2.63. The monoisotopic (exact) mass is 387 g/mol. The van der Waals surface area contributed by atoms with Crippen LogP contribution in [-0.2, 0) is 11.2 Å². The van der Waals surface area contributed by atoms with Crippen molar-refractivity contribution >= 4 is 28.9 Å². The van der Waals surface area contributed by atoms with Crippen LogP contribution in [0.3, 0.4) is 0 Å². The van der Waals surface area contributed by atoms with Gasteiger partial charge in [-0.1, -0.05) is 18.2 Å². The van der Waals surface area contributed by atoms with Crippen LogP contribution in [0.25, 0.3) is 0 Å². The van der Waals surface area contributed by atoms with Crippen LogP contribution in [0, 0.1) is 0 Å². The van der Waals surface area contributed by atoms with E-state index in [4.69, 9.17) is 4.74 Å². The van der Waals surface area contributed by atoms with Crippen molar-refractivity contribution in [1.82, 2.24) is 4.98 Å². The number of fused-ring (bicyclic) bond motifs is 1. The summed E-state index contributed by atoms with van der Waals surface area (Å²) in [5.41, 5.74) is 4.77. The molecule has 2 heterocycles. The van der Waals surface area contributed by atoms with E-state index in [9.17, 15) is 9.59 Å². The largest absolute Gasteiger partial charge is 0.462 e. The minimum atomic E-state index is -0.384. The number of nitrogens with one attached hydrogen (secondary N) is 1. The van der Waals surface area contributed by atoms with E-state index >= 15 is 0 Å². The number of para-hydroxylation sites is 1. The second-order valence-corrected chi connectivity index (χ2v) is 6.68. The maximum atomic E-state index is 12.7. The molecule has 29 heavy (non-hydrogen) atoms. The quantitative estimate of drug-likeness (QED) is 0.664. The molecule has 0 aliphatic carbocycles. The SMILES string of the molecule is CCOC(=O)c1ccc(NC(=O)c2cc(N3CCc4ccccc43)ccn2)cc1. The number of nitrogens with zero attached hydrogens (tertiary/aromatic N) is 2. The Hall–Kier alpha value is -3.67. The minimum absolute atomic E-state index is 0.303. The van der Waals surface area contributed by atoms with Crippen molar-refractivity contribution in [2.75, 3.05) is 23.4 Å². The number of hydrogen-bond acceptors (Lipinski definition) is 5. The zero-order valence-electron chi connectivity index (χ0n) is 16.1. The van der Waals surface area contributed by atoms with E-state index in [1.165, 1.54) is 11.3 Å². The molecule has 1 N–H and O–H groups in total. The number of carbonyl (C=O) groups excluding carboxylic acids is 2. The van der Waals surface area contributed by atoms with E-state index in [0.717, 1.165) is 18.7 Å². The van der Waals surface area contributed by atoms with Crippen molar-refractivity contribution in [1.29, 1.82) is 0 Å². The van der Waals surface area contributed by atoms with Gasteiger partial charge in [0.1, 0.15) is 5.69 Å². The van der Waals surface area contributed by atoms with Crippen molar-refractivity contribution in [2.24, 2.45) is 0 Å². The maximum absolute atomic E-state index is 12.7. The Morgan fingerprint density at radius 2 is 1.90 bits per heavy atom. The first kappa shape index (κ1) is 18.7. The van der Waals surface area contributed by atoms with Gasteiger partial charge in [0, 0.05) is 29.8 Å². The van der Waals surface area contributed by atoms with E-state index < -0.39 is 0 Å². The molecule has 0 unspecified atom stereocenters. The third-order valence-corrected chi connectivity index (χ3v) is 4.83. The molecule has 0 saturated carbocycles. The number of amides is 1. The Morgan fingerprint density at radius 1 is 1.10 bits per heavy atom. The lowest BCUT2D eigenvalue weighted by molar-refractivity contribution is 0.0526. The Labute approximate surface area is 169 Å². The molecule has 6 heteroatoms. The van der Waals surface area contributed by atoms with Gasteiger partial charge in [-0.15, -0.1) is 0 Å². The van der Waals surface area contributed by atoms with Crippen molar-refractivity contribution in [3.63, 3.8) is 0 Å². The van der Waals surface area contributed by atoms with Crippen LogP contribution < -0.4 is 10.2 Å².